The van der Waals surface area contributed by atoms with E-state index in [1.165, 1.54) is 12.8 Å². The Balaban J connectivity index is 0.000000844. The molecular formula is C20H27N5O. The van der Waals surface area contributed by atoms with Crippen molar-refractivity contribution in [1.82, 2.24) is 19.9 Å². The zero-order valence-electron chi connectivity index (χ0n) is 15.6. The van der Waals surface area contributed by atoms with Crippen LogP contribution in [0.4, 0.5) is 0 Å². The molecule has 0 amide bonds. The molecule has 3 aromatic heterocycles. The lowest BCUT2D eigenvalue weighted by Crippen LogP contribution is -2.33. The molecule has 6 nitrogen and oxygen atoms in total. The number of nitrogens with one attached hydrogen (secondary N) is 1. The van der Waals surface area contributed by atoms with Crippen LogP contribution in [0.2, 0.25) is 0 Å². The SMILES string of the molecule is CC.CCN1CCC[C@H]1COc1ccnc2[nH]c3cnc(C#N)cc3c12.[HH]. The van der Waals surface area contributed by atoms with Crippen molar-refractivity contribution in [3.63, 3.8) is 0 Å². The molecule has 0 aliphatic carbocycles. The average molecular weight is 353 g/mol. The molecule has 0 aromatic carbocycles. The van der Waals surface area contributed by atoms with Crippen LogP contribution in [0.25, 0.3) is 21.9 Å². The summed E-state index contributed by atoms with van der Waals surface area (Å²) in [7, 11) is 0. The number of fused-ring (bicyclic) bond motifs is 3. The maximum Gasteiger partial charge on any atom is 0.142 e. The summed E-state index contributed by atoms with van der Waals surface area (Å²) in [5.41, 5.74) is 2.02. The second-order valence-electron chi connectivity index (χ2n) is 6.12. The van der Waals surface area contributed by atoms with E-state index in [0.717, 1.165) is 40.8 Å². The molecule has 1 atom stereocenters. The maximum absolute atomic E-state index is 9.10. The molecule has 138 valence electrons. The van der Waals surface area contributed by atoms with Crippen LogP contribution >= 0.6 is 0 Å². The van der Waals surface area contributed by atoms with Gasteiger partial charge in [0.1, 0.15) is 29.8 Å². The van der Waals surface area contributed by atoms with Crippen LogP contribution in [0, 0.1) is 11.3 Å². The van der Waals surface area contributed by atoms with Crippen molar-refractivity contribution in [3.05, 3.63) is 30.2 Å². The minimum Gasteiger partial charge on any atom is -0.491 e. The number of hydrogen-bond acceptors (Lipinski definition) is 5. The van der Waals surface area contributed by atoms with Gasteiger partial charge in [0.2, 0.25) is 0 Å². The molecule has 4 heterocycles. The van der Waals surface area contributed by atoms with Gasteiger partial charge in [-0.15, -0.1) is 0 Å². The summed E-state index contributed by atoms with van der Waals surface area (Å²) in [4.78, 5) is 14.2. The Bertz CT molecular complexity index is 933. The Morgan fingerprint density at radius 1 is 1.42 bits per heavy atom. The molecule has 1 N–H and O–H groups in total. The molecule has 0 unspecified atom stereocenters. The van der Waals surface area contributed by atoms with Crippen molar-refractivity contribution in [2.45, 2.75) is 39.7 Å². The van der Waals surface area contributed by atoms with Crippen LogP contribution < -0.4 is 4.74 Å². The number of likely N-dealkylation sites (N-methyl/N-ethyl adjacent to an activating group) is 1. The van der Waals surface area contributed by atoms with Gasteiger partial charge in [0.25, 0.3) is 0 Å². The Labute approximate surface area is 155 Å². The standard InChI is InChI=1S/C18H19N5O.C2H6.H2/c1-2-23-7-3-4-13(23)11-24-16-5-6-20-18-17(16)14-8-12(9-19)21-10-15(14)22-18;1-2;/h5-6,8,10,13H,2-4,7,11H2,1H3,(H,20,22);1-2H3;1H/t13-;;/m0../s1. The predicted octanol–water partition coefficient (Wildman–Crippen LogP) is 4.12. The van der Waals surface area contributed by atoms with Crippen LogP contribution in [0.3, 0.4) is 0 Å². The highest BCUT2D eigenvalue weighted by atomic mass is 16.5. The van der Waals surface area contributed by atoms with E-state index in [-0.39, 0.29) is 1.43 Å². The number of likely N-dealkylation sites (tertiary alicyclic amines) is 1. The third kappa shape index (κ3) is 3.35. The lowest BCUT2D eigenvalue weighted by Gasteiger charge is -2.22. The average Bonchev–Trinajstić information content (AvgIpc) is 3.31. The van der Waals surface area contributed by atoms with Crippen LogP contribution in [-0.4, -0.2) is 45.6 Å². The van der Waals surface area contributed by atoms with Gasteiger partial charge in [0.05, 0.1) is 17.1 Å². The van der Waals surface area contributed by atoms with Crippen molar-refractivity contribution in [2.24, 2.45) is 0 Å². The second kappa shape index (κ2) is 8.15. The van der Waals surface area contributed by atoms with Crippen LogP contribution in [0.15, 0.2) is 24.5 Å². The van der Waals surface area contributed by atoms with Gasteiger partial charge >= 0.3 is 0 Å². The van der Waals surface area contributed by atoms with Gasteiger partial charge in [0, 0.05) is 19.1 Å². The summed E-state index contributed by atoms with van der Waals surface area (Å²) in [6.07, 6.45) is 5.84. The van der Waals surface area contributed by atoms with Gasteiger partial charge in [-0.3, -0.25) is 4.90 Å². The van der Waals surface area contributed by atoms with Gasteiger partial charge in [-0.2, -0.15) is 5.26 Å². The summed E-state index contributed by atoms with van der Waals surface area (Å²) in [6.45, 7) is 9.08. The van der Waals surface area contributed by atoms with E-state index in [4.69, 9.17) is 10.00 Å². The van der Waals surface area contributed by atoms with E-state index in [2.05, 4.69) is 32.8 Å². The van der Waals surface area contributed by atoms with Gasteiger partial charge in [-0.05, 0) is 38.1 Å². The van der Waals surface area contributed by atoms with Crippen LogP contribution in [0.5, 0.6) is 5.75 Å². The highest BCUT2D eigenvalue weighted by Crippen LogP contribution is 2.32. The normalized spacial score (nSPS) is 17.1. The molecule has 1 aliphatic heterocycles. The van der Waals surface area contributed by atoms with E-state index in [1.807, 2.05) is 19.9 Å². The number of aromatic nitrogens is 3. The molecule has 6 heteroatoms. The molecule has 3 aromatic rings. The lowest BCUT2D eigenvalue weighted by atomic mass is 10.2. The van der Waals surface area contributed by atoms with E-state index in [1.54, 1.807) is 18.5 Å². The van der Waals surface area contributed by atoms with Gasteiger partial charge in [-0.1, -0.05) is 20.8 Å². The number of H-pyrrole nitrogens is 1. The van der Waals surface area contributed by atoms with Crippen LogP contribution in [-0.2, 0) is 0 Å². The minimum atomic E-state index is 0. The number of rotatable bonds is 4. The third-order valence-electron chi connectivity index (χ3n) is 4.79. The largest absolute Gasteiger partial charge is 0.491 e. The zero-order chi connectivity index (χ0) is 18.5. The smallest absolute Gasteiger partial charge is 0.142 e. The maximum atomic E-state index is 9.10. The monoisotopic (exact) mass is 353 g/mol. The van der Waals surface area contributed by atoms with E-state index < -0.39 is 0 Å². The van der Waals surface area contributed by atoms with E-state index in [9.17, 15) is 0 Å². The van der Waals surface area contributed by atoms with Crippen LogP contribution in [0.1, 0.15) is 40.7 Å². The molecule has 0 bridgehead atoms. The molecule has 4 rings (SSSR count). The highest BCUT2D eigenvalue weighted by Gasteiger charge is 2.24. The molecule has 0 spiro atoms. The van der Waals surface area contributed by atoms with Gasteiger partial charge in [0.15, 0.2) is 0 Å². The van der Waals surface area contributed by atoms with Crippen molar-refractivity contribution in [3.8, 4) is 11.8 Å². The first kappa shape index (κ1) is 18.2. The predicted molar refractivity (Wildman–Crippen MR) is 105 cm³/mol. The Hall–Kier alpha value is -2.65. The Morgan fingerprint density at radius 2 is 2.27 bits per heavy atom. The fraction of sp³-hybridized carbons (Fsp3) is 0.450. The van der Waals surface area contributed by atoms with E-state index in [0.29, 0.717) is 18.3 Å². The number of ether oxygens (including phenoxy) is 1. The Morgan fingerprint density at radius 3 is 3.04 bits per heavy atom. The fourth-order valence-electron chi connectivity index (χ4n) is 3.56. The molecule has 0 radical (unpaired) electrons. The Kier molecular flexibility index (Phi) is 5.69. The lowest BCUT2D eigenvalue weighted by molar-refractivity contribution is 0.180. The third-order valence-corrected chi connectivity index (χ3v) is 4.79. The van der Waals surface area contributed by atoms with Crippen molar-refractivity contribution in [2.75, 3.05) is 19.7 Å². The molecule has 26 heavy (non-hydrogen) atoms. The summed E-state index contributed by atoms with van der Waals surface area (Å²) in [5, 5.41) is 11.0. The molecular weight excluding hydrogens is 326 g/mol. The molecule has 1 fully saturated rings. The van der Waals surface area contributed by atoms with E-state index >= 15 is 0 Å². The summed E-state index contributed by atoms with van der Waals surface area (Å²) >= 11 is 0. The van der Waals surface area contributed by atoms with Crippen molar-refractivity contribution < 1.29 is 6.16 Å². The zero-order valence-corrected chi connectivity index (χ0v) is 15.6. The quantitative estimate of drug-likeness (QED) is 0.763. The van der Waals surface area contributed by atoms with Gasteiger partial charge in [-0.25, -0.2) is 9.97 Å². The van der Waals surface area contributed by atoms with Gasteiger partial charge < -0.3 is 9.72 Å². The summed E-state index contributed by atoms with van der Waals surface area (Å²) in [5.74, 6) is 0.810. The summed E-state index contributed by atoms with van der Waals surface area (Å²) in [6, 6.07) is 6.25. The molecule has 1 aliphatic rings. The fourth-order valence-corrected chi connectivity index (χ4v) is 3.56. The number of nitriles is 1. The first-order chi connectivity index (χ1) is 12.8. The number of hydrogen-bond donors (Lipinski definition) is 1. The highest BCUT2D eigenvalue weighted by molar-refractivity contribution is 6.09. The first-order valence-electron chi connectivity index (χ1n) is 9.33. The first-order valence-corrected chi connectivity index (χ1v) is 9.33. The molecule has 0 saturated carbocycles. The van der Waals surface area contributed by atoms with Crippen molar-refractivity contribution >= 4 is 21.9 Å². The van der Waals surface area contributed by atoms with Crippen molar-refractivity contribution in [1.29, 1.82) is 5.26 Å². The minimum absolute atomic E-state index is 0. The second-order valence-corrected chi connectivity index (χ2v) is 6.12. The number of pyridine rings is 2. The number of aromatic amines is 1. The topological polar surface area (TPSA) is 77.8 Å². The number of nitrogens with zero attached hydrogens (tertiary/aromatic N) is 4. The molecule has 1 saturated heterocycles. The summed E-state index contributed by atoms with van der Waals surface area (Å²) < 4.78 is 6.17.